The molecule has 3 nitrogen and oxygen atoms in total. The van der Waals surface area contributed by atoms with Crippen LogP contribution in [-0.2, 0) is 11.5 Å². The Morgan fingerprint density at radius 1 is 1.12 bits per heavy atom. The average molecular weight is 308 g/mol. The van der Waals surface area contributed by atoms with Crippen molar-refractivity contribution in [1.82, 2.24) is 9.97 Å². The van der Waals surface area contributed by atoms with Crippen molar-refractivity contribution in [1.29, 1.82) is 0 Å². The molecule has 17 heavy (non-hydrogen) atoms. The number of benzene rings is 1. The zero-order valence-corrected chi connectivity index (χ0v) is 11.4. The fraction of sp³-hybridized carbons (Fsp3) is 0.167. The van der Waals surface area contributed by atoms with Gasteiger partial charge in [-0.3, -0.25) is 0 Å². The van der Waals surface area contributed by atoms with Crippen molar-refractivity contribution in [2.24, 2.45) is 0 Å². The maximum absolute atomic E-state index is 5.97. The van der Waals surface area contributed by atoms with E-state index in [4.69, 9.17) is 5.73 Å². The van der Waals surface area contributed by atoms with Gasteiger partial charge in [0.25, 0.3) is 0 Å². The summed E-state index contributed by atoms with van der Waals surface area (Å²) in [5, 5.41) is 0. The molecule has 0 saturated heterocycles. The molecule has 3 rings (SSSR count). The summed E-state index contributed by atoms with van der Waals surface area (Å²) in [6.07, 6.45) is 0. The molecule has 0 fully saturated rings. The standard InChI is InChI=1S/C12H10BrN3S/c13-8-3-1-7(2-4-8)12-15-10-6-17-5-9(10)11(14)16-12/h1-4H,5-6H2,(H2,14,15,16). The van der Waals surface area contributed by atoms with Crippen molar-refractivity contribution in [3.63, 3.8) is 0 Å². The van der Waals surface area contributed by atoms with Gasteiger partial charge in [0.2, 0.25) is 0 Å². The van der Waals surface area contributed by atoms with Crippen molar-refractivity contribution in [2.75, 3.05) is 5.73 Å². The van der Waals surface area contributed by atoms with Crippen LogP contribution in [0, 0.1) is 0 Å². The second kappa shape index (κ2) is 4.31. The van der Waals surface area contributed by atoms with Gasteiger partial charge in [-0.25, -0.2) is 9.97 Å². The molecule has 2 aromatic rings. The van der Waals surface area contributed by atoms with Crippen LogP contribution in [0.1, 0.15) is 11.3 Å². The number of fused-ring (bicyclic) bond motifs is 1. The molecule has 1 aliphatic heterocycles. The third-order valence-corrected chi connectivity index (χ3v) is 4.21. The van der Waals surface area contributed by atoms with E-state index >= 15 is 0 Å². The zero-order valence-electron chi connectivity index (χ0n) is 8.98. The molecule has 0 radical (unpaired) electrons. The lowest BCUT2D eigenvalue weighted by molar-refractivity contribution is 1.08. The van der Waals surface area contributed by atoms with Gasteiger partial charge in [-0.1, -0.05) is 28.1 Å². The Hall–Kier alpha value is -1.07. The predicted molar refractivity (Wildman–Crippen MR) is 74.6 cm³/mol. The first kappa shape index (κ1) is 11.0. The van der Waals surface area contributed by atoms with Crippen LogP contribution >= 0.6 is 27.7 Å². The summed E-state index contributed by atoms with van der Waals surface area (Å²) < 4.78 is 1.05. The lowest BCUT2D eigenvalue weighted by atomic mass is 10.2. The summed E-state index contributed by atoms with van der Waals surface area (Å²) in [6.45, 7) is 0. The molecule has 2 N–H and O–H groups in total. The van der Waals surface area contributed by atoms with Gasteiger partial charge in [-0.15, -0.1) is 0 Å². The maximum atomic E-state index is 5.97. The second-order valence-corrected chi connectivity index (χ2v) is 5.76. The minimum absolute atomic E-state index is 0.623. The molecule has 5 heteroatoms. The first-order valence-corrected chi connectivity index (χ1v) is 7.18. The molecule has 0 saturated carbocycles. The van der Waals surface area contributed by atoms with Crippen molar-refractivity contribution in [3.05, 3.63) is 40.0 Å². The maximum Gasteiger partial charge on any atom is 0.161 e. The normalized spacial score (nSPS) is 13.7. The third-order valence-electron chi connectivity index (χ3n) is 2.71. The average Bonchev–Trinajstić information content (AvgIpc) is 2.78. The molecule has 86 valence electrons. The monoisotopic (exact) mass is 307 g/mol. The van der Waals surface area contributed by atoms with E-state index in [1.165, 1.54) is 0 Å². The summed E-state index contributed by atoms with van der Waals surface area (Å²) in [4.78, 5) is 8.97. The van der Waals surface area contributed by atoms with Crippen LogP contribution in [0.5, 0.6) is 0 Å². The van der Waals surface area contributed by atoms with E-state index < -0.39 is 0 Å². The van der Waals surface area contributed by atoms with Gasteiger partial charge in [0, 0.05) is 27.1 Å². The van der Waals surface area contributed by atoms with Crippen LogP contribution in [0.4, 0.5) is 5.82 Å². The van der Waals surface area contributed by atoms with Gasteiger partial charge >= 0.3 is 0 Å². The Bertz CT molecular complexity index is 569. The lowest BCUT2D eigenvalue weighted by Crippen LogP contribution is -2.02. The van der Waals surface area contributed by atoms with E-state index in [-0.39, 0.29) is 0 Å². The van der Waals surface area contributed by atoms with E-state index in [9.17, 15) is 0 Å². The third kappa shape index (κ3) is 2.05. The number of aromatic nitrogens is 2. The van der Waals surface area contributed by atoms with Gasteiger partial charge < -0.3 is 5.73 Å². The number of halogens is 1. The van der Waals surface area contributed by atoms with E-state index in [2.05, 4.69) is 25.9 Å². The van der Waals surface area contributed by atoms with Crippen molar-refractivity contribution in [2.45, 2.75) is 11.5 Å². The van der Waals surface area contributed by atoms with Crippen LogP contribution in [0.25, 0.3) is 11.4 Å². The van der Waals surface area contributed by atoms with Gasteiger partial charge in [-0.2, -0.15) is 11.8 Å². The highest BCUT2D eigenvalue weighted by Gasteiger charge is 2.18. The fourth-order valence-electron chi connectivity index (χ4n) is 1.80. The smallest absolute Gasteiger partial charge is 0.161 e. The number of rotatable bonds is 1. The fourth-order valence-corrected chi connectivity index (χ4v) is 3.12. The Balaban J connectivity index is 2.10. The molecule has 0 spiro atoms. The van der Waals surface area contributed by atoms with Crippen LogP contribution in [0.2, 0.25) is 0 Å². The van der Waals surface area contributed by atoms with Crippen molar-refractivity contribution in [3.8, 4) is 11.4 Å². The molecule has 0 aliphatic carbocycles. The van der Waals surface area contributed by atoms with E-state index in [1.54, 1.807) is 0 Å². The number of thioether (sulfide) groups is 1. The highest BCUT2D eigenvalue weighted by Crippen LogP contribution is 2.33. The Morgan fingerprint density at radius 3 is 2.65 bits per heavy atom. The molecular formula is C12H10BrN3S. The topological polar surface area (TPSA) is 51.8 Å². The Morgan fingerprint density at radius 2 is 1.88 bits per heavy atom. The van der Waals surface area contributed by atoms with Crippen LogP contribution in [0.15, 0.2) is 28.7 Å². The number of anilines is 1. The SMILES string of the molecule is Nc1nc(-c2ccc(Br)cc2)nc2c1CSC2. The zero-order chi connectivity index (χ0) is 11.8. The van der Waals surface area contributed by atoms with E-state index in [0.717, 1.165) is 38.6 Å². The molecule has 1 aromatic heterocycles. The van der Waals surface area contributed by atoms with Crippen LogP contribution in [-0.4, -0.2) is 9.97 Å². The van der Waals surface area contributed by atoms with E-state index in [1.807, 2.05) is 36.0 Å². The molecule has 0 amide bonds. The minimum atomic E-state index is 0.623. The molecule has 0 bridgehead atoms. The van der Waals surface area contributed by atoms with Crippen LogP contribution in [0.3, 0.4) is 0 Å². The summed E-state index contributed by atoms with van der Waals surface area (Å²) in [6, 6.07) is 7.95. The van der Waals surface area contributed by atoms with Gasteiger partial charge in [0.15, 0.2) is 5.82 Å². The Labute approximate surface area is 112 Å². The summed E-state index contributed by atoms with van der Waals surface area (Å²) in [5.74, 6) is 3.21. The van der Waals surface area contributed by atoms with E-state index in [0.29, 0.717) is 5.82 Å². The number of hydrogen-bond acceptors (Lipinski definition) is 4. The molecule has 0 atom stereocenters. The van der Waals surface area contributed by atoms with Gasteiger partial charge in [-0.05, 0) is 12.1 Å². The highest BCUT2D eigenvalue weighted by atomic mass is 79.9. The predicted octanol–water partition coefficient (Wildman–Crippen LogP) is 3.24. The van der Waals surface area contributed by atoms with Crippen molar-refractivity contribution < 1.29 is 0 Å². The lowest BCUT2D eigenvalue weighted by Gasteiger charge is -2.06. The summed E-state index contributed by atoms with van der Waals surface area (Å²) in [5.41, 5.74) is 9.16. The number of nitrogen functional groups attached to an aromatic ring is 1. The second-order valence-electron chi connectivity index (χ2n) is 3.86. The molecule has 0 unspecified atom stereocenters. The number of nitrogens with zero attached hydrogens (tertiary/aromatic N) is 2. The molecule has 1 aromatic carbocycles. The molecule has 1 aliphatic rings. The summed E-state index contributed by atoms with van der Waals surface area (Å²) in [7, 11) is 0. The van der Waals surface area contributed by atoms with Crippen LogP contribution < -0.4 is 5.73 Å². The number of hydrogen-bond donors (Lipinski definition) is 1. The molecule has 2 heterocycles. The largest absolute Gasteiger partial charge is 0.383 e. The first-order chi connectivity index (χ1) is 8.24. The van der Waals surface area contributed by atoms with Gasteiger partial charge in [0.1, 0.15) is 5.82 Å². The van der Waals surface area contributed by atoms with Crippen molar-refractivity contribution >= 4 is 33.5 Å². The Kier molecular flexibility index (Phi) is 2.80. The summed E-state index contributed by atoms with van der Waals surface area (Å²) >= 11 is 5.25. The first-order valence-electron chi connectivity index (χ1n) is 5.23. The quantitative estimate of drug-likeness (QED) is 0.879. The molecular weight excluding hydrogens is 298 g/mol. The number of nitrogens with two attached hydrogens (primary N) is 1. The minimum Gasteiger partial charge on any atom is -0.383 e. The highest BCUT2D eigenvalue weighted by molar-refractivity contribution is 9.10. The van der Waals surface area contributed by atoms with Gasteiger partial charge in [0.05, 0.1) is 5.69 Å².